The molecule has 0 heterocycles. The Balaban J connectivity index is 4.73. The smallest absolute Gasteiger partial charge is 0.252 e. The molecule has 0 radical (unpaired) electrons. The number of halogens is 1. The molecule has 14 heteroatoms. The molecule has 0 aliphatic carbocycles. The molecular weight excluding hydrogens is 533 g/mol. The molecule has 210 valence electrons. The zero-order valence-electron chi connectivity index (χ0n) is 24.9. The standard InChI is InChI=1S/C22H50ClN10P3/c1-15-33(16-2)34(24-22-20-18-17-19-21(22)23,25-35(27(3)4,28(5)6)29(7)8)26-36(30(9)10,31(11)12)32(13)14/h17-20H,15-16H2,1-14H3. The second-order valence-corrected chi connectivity index (χ2v) is 20.2. The topological polar surface area (TPSA) is 59.8 Å². The van der Waals surface area contributed by atoms with Gasteiger partial charge < -0.3 is 0 Å². The Labute approximate surface area is 226 Å². The predicted octanol–water partition coefficient (Wildman–Crippen LogP) is 6.52. The van der Waals surface area contributed by atoms with E-state index in [4.69, 9.17) is 25.4 Å². The van der Waals surface area contributed by atoms with Crippen molar-refractivity contribution < 1.29 is 0 Å². The SMILES string of the molecule is CCN(CC)P(=Nc1ccccc1Cl)(N=P(N(C)C)(N(C)C)N(C)C)N=P(N(C)C)(N(C)C)N(C)C. The van der Waals surface area contributed by atoms with Crippen molar-refractivity contribution >= 4 is 39.8 Å². The molecule has 10 nitrogen and oxygen atoms in total. The first-order valence-electron chi connectivity index (χ1n) is 12.1. The first-order valence-corrected chi connectivity index (χ1v) is 17.2. The fraction of sp³-hybridized carbons (Fsp3) is 0.727. The molecule has 0 aliphatic rings. The normalized spacial score (nSPS) is 13.7. The molecule has 0 atom stereocenters. The molecule has 0 N–H and O–H groups in total. The van der Waals surface area contributed by atoms with Crippen LogP contribution in [0.4, 0.5) is 5.69 Å². The zero-order valence-corrected chi connectivity index (χ0v) is 28.4. The number of hydrogen-bond acceptors (Lipinski definition) is 1. The van der Waals surface area contributed by atoms with Crippen LogP contribution in [-0.4, -0.2) is 130 Å². The summed E-state index contributed by atoms with van der Waals surface area (Å²) in [4.78, 5) is 0. The van der Waals surface area contributed by atoms with Gasteiger partial charge >= 0.3 is 0 Å². The zero-order chi connectivity index (χ0) is 28.1. The summed E-state index contributed by atoms with van der Waals surface area (Å²) in [5.74, 6) is 0. The maximum absolute atomic E-state index is 6.72. The van der Waals surface area contributed by atoms with E-state index >= 15 is 0 Å². The van der Waals surface area contributed by atoms with Crippen LogP contribution in [0.5, 0.6) is 0 Å². The Morgan fingerprint density at radius 3 is 1.22 bits per heavy atom. The minimum Gasteiger partial charge on any atom is -0.252 e. The molecule has 0 aliphatic heterocycles. The largest absolute Gasteiger partial charge is 0.265 e. The lowest BCUT2D eigenvalue weighted by Gasteiger charge is -2.46. The minimum atomic E-state index is -2.95. The second-order valence-electron chi connectivity index (χ2n) is 9.56. The highest BCUT2D eigenvalue weighted by molar-refractivity contribution is 7.76. The van der Waals surface area contributed by atoms with Crippen molar-refractivity contribution in [2.75, 3.05) is 97.7 Å². The molecule has 0 amide bonds. The Morgan fingerprint density at radius 2 is 0.944 bits per heavy atom. The average molecular weight is 583 g/mol. The molecule has 0 unspecified atom stereocenters. The van der Waals surface area contributed by atoms with Crippen molar-refractivity contribution in [3.05, 3.63) is 29.3 Å². The lowest BCUT2D eigenvalue weighted by atomic mass is 10.3. The molecule has 0 saturated heterocycles. The van der Waals surface area contributed by atoms with Crippen molar-refractivity contribution in [2.45, 2.75) is 13.8 Å². The average Bonchev–Trinajstić information content (AvgIpc) is 2.76. The van der Waals surface area contributed by atoms with E-state index in [1.807, 2.05) is 24.3 Å². The first kappa shape index (κ1) is 33.9. The highest BCUT2D eigenvalue weighted by Gasteiger charge is 2.40. The summed E-state index contributed by atoms with van der Waals surface area (Å²) in [5.41, 5.74) is 0.718. The monoisotopic (exact) mass is 582 g/mol. The summed E-state index contributed by atoms with van der Waals surface area (Å²) in [5, 5.41) is 0.603. The van der Waals surface area contributed by atoms with Crippen LogP contribution in [0, 0.1) is 0 Å². The Kier molecular flexibility index (Phi) is 13.0. The van der Waals surface area contributed by atoms with E-state index in [0.717, 1.165) is 18.8 Å². The second kappa shape index (κ2) is 13.8. The van der Waals surface area contributed by atoms with Crippen molar-refractivity contribution in [3.63, 3.8) is 0 Å². The third-order valence-electron chi connectivity index (χ3n) is 5.90. The fourth-order valence-corrected chi connectivity index (χ4v) is 18.4. The maximum Gasteiger partial charge on any atom is 0.265 e. The highest BCUT2D eigenvalue weighted by Crippen LogP contribution is 2.75. The van der Waals surface area contributed by atoms with Crippen molar-refractivity contribution in [2.24, 2.45) is 13.8 Å². The van der Waals surface area contributed by atoms with Crippen LogP contribution in [0.2, 0.25) is 5.02 Å². The highest BCUT2D eigenvalue weighted by atomic mass is 35.5. The number of rotatable bonds is 12. The summed E-state index contributed by atoms with van der Waals surface area (Å²) < 4.78 is 32.8. The van der Waals surface area contributed by atoms with E-state index < -0.39 is 22.5 Å². The third-order valence-corrected chi connectivity index (χ3v) is 18.3. The van der Waals surface area contributed by atoms with Gasteiger partial charge in [0.15, 0.2) is 15.0 Å². The van der Waals surface area contributed by atoms with Crippen molar-refractivity contribution in [3.8, 4) is 0 Å². The van der Waals surface area contributed by atoms with Gasteiger partial charge in [-0.2, -0.15) is 9.03 Å². The summed E-state index contributed by atoms with van der Waals surface area (Å²) in [7, 11) is 17.4. The van der Waals surface area contributed by atoms with Gasteiger partial charge in [-0.3, -0.25) is 28.0 Å². The molecule has 1 aromatic carbocycles. The Hall–Kier alpha value is -0.0800. The lowest BCUT2D eigenvalue weighted by Crippen LogP contribution is -2.32. The molecule has 0 saturated carbocycles. The van der Waals surface area contributed by atoms with Gasteiger partial charge in [0.05, 0.1) is 10.7 Å². The van der Waals surface area contributed by atoms with E-state index in [1.165, 1.54) is 0 Å². The van der Waals surface area contributed by atoms with Gasteiger partial charge in [-0.05, 0) is 96.7 Å². The fourth-order valence-electron chi connectivity index (χ4n) is 4.46. The number of nitrogens with zero attached hydrogens (tertiary/aromatic N) is 10. The van der Waals surface area contributed by atoms with E-state index in [-0.39, 0.29) is 0 Å². The number of hydrogen-bond donors (Lipinski definition) is 0. The van der Waals surface area contributed by atoms with Crippen LogP contribution in [-0.2, 0) is 0 Å². The molecule has 0 aromatic heterocycles. The van der Waals surface area contributed by atoms with E-state index in [2.05, 4.69) is 131 Å². The molecule has 1 rings (SSSR count). The quantitative estimate of drug-likeness (QED) is 0.260. The van der Waals surface area contributed by atoms with Gasteiger partial charge in [0.25, 0.3) is 7.51 Å². The summed E-state index contributed by atoms with van der Waals surface area (Å²) in [6.07, 6.45) is 0. The maximum atomic E-state index is 6.72. The van der Waals surface area contributed by atoms with Crippen LogP contribution in [0.25, 0.3) is 0 Å². The van der Waals surface area contributed by atoms with Gasteiger partial charge in [0.1, 0.15) is 0 Å². The summed E-state index contributed by atoms with van der Waals surface area (Å²) in [6, 6.07) is 7.75. The van der Waals surface area contributed by atoms with Gasteiger partial charge in [-0.25, -0.2) is 9.42 Å². The predicted molar refractivity (Wildman–Crippen MR) is 164 cm³/mol. The Bertz CT molecular complexity index is 912. The molecule has 0 spiro atoms. The molecule has 0 fully saturated rings. The summed E-state index contributed by atoms with van der Waals surface area (Å²) >= 11 is 6.72. The van der Waals surface area contributed by atoms with Gasteiger partial charge in [-0.1, -0.05) is 37.6 Å². The lowest BCUT2D eigenvalue weighted by molar-refractivity contribution is 0.466. The van der Waals surface area contributed by atoms with Crippen LogP contribution in [0.1, 0.15) is 13.8 Å². The minimum absolute atomic E-state index is 0.603. The van der Waals surface area contributed by atoms with Gasteiger partial charge in [0, 0.05) is 13.1 Å². The van der Waals surface area contributed by atoms with E-state index in [0.29, 0.717) is 5.02 Å². The third kappa shape index (κ3) is 6.73. The molecule has 1 aromatic rings. The van der Waals surface area contributed by atoms with Crippen LogP contribution < -0.4 is 0 Å². The molecule has 0 bridgehead atoms. The van der Waals surface area contributed by atoms with E-state index in [9.17, 15) is 0 Å². The van der Waals surface area contributed by atoms with Crippen LogP contribution >= 0.6 is 34.1 Å². The first-order chi connectivity index (χ1) is 16.6. The molecular formula is C22H50ClN10P3. The van der Waals surface area contributed by atoms with Crippen LogP contribution in [0.3, 0.4) is 0 Å². The van der Waals surface area contributed by atoms with Crippen LogP contribution in [0.15, 0.2) is 38.0 Å². The van der Waals surface area contributed by atoms with Crippen molar-refractivity contribution in [1.29, 1.82) is 0 Å². The Morgan fingerprint density at radius 1 is 0.611 bits per heavy atom. The number of benzene rings is 1. The van der Waals surface area contributed by atoms with E-state index in [1.54, 1.807) is 0 Å². The summed E-state index contributed by atoms with van der Waals surface area (Å²) in [6.45, 7) is 5.84. The van der Waals surface area contributed by atoms with Crippen molar-refractivity contribution in [1.82, 2.24) is 32.7 Å². The molecule has 36 heavy (non-hydrogen) atoms. The van der Waals surface area contributed by atoms with Gasteiger partial charge in [0.2, 0.25) is 0 Å². The van der Waals surface area contributed by atoms with Gasteiger partial charge in [-0.15, -0.1) is 0 Å².